The lowest BCUT2D eigenvalue weighted by atomic mass is 10.1. The van der Waals surface area contributed by atoms with E-state index in [-0.39, 0.29) is 0 Å². The summed E-state index contributed by atoms with van der Waals surface area (Å²) in [6, 6.07) is 5.47. The molecule has 0 aromatic carbocycles. The molecule has 2 atom stereocenters. The van der Waals surface area contributed by atoms with Crippen LogP contribution in [0.4, 0.5) is 5.69 Å². The molecule has 0 bridgehead atoms. The lowest BCUT2D eigenvalue weighted by Gasteiger charge is -2.31. The van der Waals surface area contributed by atoms with Crippen molar-refractivity contribution in [2.75, 3.05) is 4.90 Å². The van der Waals surface area contributed by atoms with Gasteiger partial charge in [0.05, 0.1) is 16.9 Å². The molecular formula is C15H21N3. The predicted molar refractivity (Wildman–Crippen MR) is 73.7 cm³/mol. The summed E-state index contributed by atoms with van der Waals surface area (Å²) in [5.74, 6) is 0. The zero-order valence-corrected chi connectivity index (χ0v) is 11.7. The van der Waals surface area contributed by atoms with E-state index in [9.17, 15) is 5.26 Å². The number of anilines is 1. The van der Waals surface area contributed by atoms with Crippen LogP contribution in [0.5, 0.6) is 0 Å². The van der Waals surface area contributed by atoms with Crippen molar-refractivity contribution in [2.24, 2.45) is 0 Å². The van der Waals surface area contributed by atoms with Crippen LogP contribution in [0, 0.1) is 25.2 Å². The molecule has 0 spiro atoms. The standard InChI is InChI=1S/C15H21N3/c1-5-13-7-6-11(3)18(13)15-8-10(2)17-12(4)14(15)9-16/h8,11,13H,5-7H2,1-4H3. The number of pyridine rings is 1. The summed E-state index contributed by atoms with van der Waals surface area (Å²) in [5, 5.41) is 9.38. The Morgan fingerprint density at radius 3 is 2.78 bits per heavy atom. The number of hydrogen-bond acceptors (Lipinski definition) is 3. The van der Waals surface area contributed by atoms with Gasteiger partial charge in [-0.3, -0.25) is 4.98 Å². The van der Waals surface area contributed by atoms with Gasteiger partial charge in [-0.2, -0.15) is 5.26 Å². The summed E-state index contributed by atoms with van der Waals surface area (Å²) >= 11 is 0. The molecule has 2 rings (SSSR count). The van der Waals surface area contributed by atoms with E-state index in [4.69, 9.17) is 0 Å². The van der Waals surface area contributed by atoms with Crippen molar-refractivity contribution in [2.45, 2.75) is 59.0 Å². The third-order valence-electron chi connectivity index (χ3n) is 3.95. The summed E-state index contributed by atoms with van der Waals surface area (Å²) < 4.78 is 0. The topological polar surface area (TPSA) is 39.9 Å². The van der Waals surface area contributed by atoms with E-state index >= 15 is 0 Å². The molecule has 2 unspecified atom stereocenters. The quantitative estimate of drug-likeness (QED) is 0.799. The van der Waals surface area contributed by atoms with E-state index in [1.54, 1.807) is 0 Å². The Labute approximate surface area is 109 Å². The third-order valence-corrected chi connectivity index (χ3v) is 3.95. The lowest BCUT2D eigenvalue weighted by Crippen LogP contribution is -2.35. The second kappa shape index (κ2) is 4.97. The monoisotopic (exact) mass is 243 g/mol. The highest BCUT2D eigenvalue weighted by Crippen LogP contribution is 2.35. The molecule has 96 valence electrons. The summed E-state index contributed by atoms with van der Waals surface area (Å²) in [6.07, 6.45) is 3.57. The van der Waals surface area contributed by atoms with Crippen LogP contribution >= 0.6 is 0 Å². The average Bonchev–Trinajstić information content (AvgIpc) is 2.69. The third kappa shape index (κ3) is 2.08. The van der Waals surface area contributed by atoms with E-state index in [2.05, 4.69) is 35.9 Å². The molecule has 1 aliphatic heterocycles. The van der Waals surface area contributed by atoms with Gasteiger partial charge in [0.1, 0.15) is 6.07 Å². The van der Waals surface area contributed by atoms with Gasteiger partial charge in [0.15, 0.2) is 0 Å². The zero-order valence-electron chi connectivity index (χ0n) is 11.7. The van der Waals surface area contributed by atoms with E-state index in [0.717, 1.165) is 29.1 Å². The van der Waals surface area contributed by atoms with Crippen LogP contribution < -0.4 is 4.90 Å². The maximum absolute atomic E-state index is 9.38. The predicted octanol–water partition coefficient (Wildman–Crippen LogP) is 3.34. The van der Waals surface area contributed by atoms with Crippen LogP contribution in [0.15, 0.2) is 6.07 Å². The Hall–Kier alpha value is -1.56. The SMILES string of the molecule is CCC1CCC(C)N1c1cc(C)nc(C)c1C#N. The number of aryl methyl sites for hydroxylation is 2. The van der Waals surface area contributed by atoms with Crippen LogP contribution in [0.2, 0.25) is 0 Å². The zero-order chi connectivity index (χ0) is 13.3. The number of aromatic nitrogens is 1. The second-order valence-corrected chi connectivity index (χ2v) is 5.25. The minimum atomic E-state index is 0.517. The molecule has 0 N–H and O–H groups in total. The first-order valence-corrected chi connectivity index (χ1v) is 6.75. The molecular weight excluding hydrogens is 222 g/mol. The lowest BCUT2D eigenvalue weighted by molar-refractivity contribution is 0.626. The summed E-state index contributed by atoms with van der Waals surface area (Å²) in [7, 11) is 0. The Kier molecular flexibility index (Phi) is 3.56. The van der Waals surface area contributed by atoms with Gasteiger partial charge in [0.2, 0.25) is 0 Å². The van der Waals surface area contributed by atoms with Gasteiger partial charge < -0.3 is 4.90 Å². The fourth-order valence-corrected chi connectivity index (χ4v) is 3.06. The van der Waals surface area contributed by atoms with Gasteiger partial charge >= 0.3 is 0 Å². The van der Waals surface area contributed by atoms with Crippen molar-refractivity contribution in [3.8, 4) is 6.07 Å². The van der Waals surface area contributed by atoms with Gasteiger partial charge in [-0.05, 0) is 46.1 Å². The first-order valence-electron chi connectivity index (χ1n) is 6.75. The Morgan fingerprint density at radius 2 is 2.17 bits per heavy atom. The molecule has 1 saturated heterocycles. The first-order chi connectivity index (χ1) is 8.58. The molecule has 1 aliphatic rings. The highest BCUT2D eigenvalue weighted by molar-refractivity contribution is 5.63. The maximum Gasteiger partial charge on any atom is 0.103 e. The van der Waals surface area contributed by atoms with Gasteiger partial charge in [0, 0.05) is 17.8 Å². The molecule has 0 radical (unpaired) electrons. The van der Waals surface area contributed by atoms with Crippen LogP contribution in [-0.4, -0.2) is 17.1 Å². The Morgan fingerprint density at radius 1 is 1.44 bits per heavy atom. The van der Waals surface area contributed by atoms with Crippen LogP contribution in [0.25, 0.3) is 0 Å². The summed E-state index contributed by atoms with van der Waals surface area (Å²) in [4.78, 5) is 6.83. The minimum absolute atomic E-state index is 0.517. The fourth-order valence-electron chi connectivity index (χ4n) is 3.06. The number of nitrogens with zero attached hydrogens (tertiary/aromatic N) is 3. The summed E-state index contributed by atoms with van der Waals surface area (Å²) in [6.45, 7) is 8.40. The minimum Gasteiger partial charge on any atom is -0.365 e. The molecule has 0 amide bonds. The van der Waals surface area contributed by atoms with Crippen LogP contribution in [0.3, 0.4) is 0 Å². The Balaban J connectivity index is 2.53. The maximum atomic E-state index is 9.38. The number of hydrogen-bond donors (Lipinski definition) is 0. The molecule has 18 heavy (non-hydrogen) atoms. The van der Waals surface area contributed by atoms with E-state index < -0.39 is 0 Å². The van der Waals surface area contributed by atoms with E-state index in [0.29, 0.717) is 12.1 Å². The highest BCUT2D eigenvalue weighted by atomic mass is 15.2. The van der Waals surface area contributed by atoms with Gasteiger partial charge in [0.25, 0.3) is 0 Å². The van der Waals surface area contributed by atoms with Crippen molar-refractivity contribution < 1.29 is 0 Å². The molecule has 3 heteroatoms. The van der Waals surface area contributed by atoms with E-state index in [1.807, 2.05) is 13.8 Å². The highest BCUT2D eigenvalue weighted by Gasteiger charge is 2.31. The largest absolute Gasteiger partial charge is 0.365 e. The number of rotatable bonds is 2. The molecule has 0 saturated carbocycles. The number of nitriles is 1. The molecule has 1 aromatic rings. The van der Waals surface area contributed by atoms with Crippen molar-refractivity contribution in [3.63, 3.8) is 0 Å². The fraction of sp³-hybridized carbons (Fsp3) is 0.600. The molecule has 0 aliphatic carbocycles. The Bertz CT molecular complexity index is 487. The van der Waals surface area contributed by atoms with Gasteiger partial charge in [-0.1, -0.05) is 6.92 Å². The molecule has 2 heterocycles. The molecule has 1 aromatic heterocycles. The smallest absolute Gasteiger partial charge is 0.103 e. The second-order valence-electron chi connectivity index (χ2n) is 5.25. The van der Waals surface area contributed by atoms with Crippen molar-refractivity contribution >= 4 is 5.69 Å². The molecule has 3 nitrogen and oxygen atoms in total. The first kappa shape index (κ1) is 12.9. The normalized spacial score (nSPS) is 23.2. The van der Waals surface area contributed by atoms with Crippen molar-refractivity contribution in [1.82, 2.24) is 4.98 Å². The van der Waals surface area contributed by atoms with Crippen LogP contribution in [0.1, 0.15) is 50.1 Å². The van der Waals surface area contributed by atoms with E-state index in [1.165, 1.54) is 12.8 Å². The van der Waals surface area contributed by atoms with Crippen molar-refractivity contribution in [3.05, 3.63) is 23.0 Å². The van der Waals surface area contributed by atoms with Crippen molar-refractivity contribution in [1.29, 1.82) is 5.26 Å². The average molecular weight is 243 g/mol. The van der Waals surface area contributed by atoms with Gasteiger partial charge in [-0.15, -0.1) is 0 Å². The van der Waals surface area contributed by atoms with Crippen LogP contribution in [-0.2, 0) is 0 Å². The summed E-state index contributed by atoms with van der Waals surface area (Å²) in [5.41, 5.74) is 3.67. The van der Waals surface area contributed by atoms with Gasteiger partial charge in [-0.25, -0.2) is 0 Å². The molecule has 1 fully saturated rings.